The molecule has 0 N–H and O–H groups in total. The van der Waals surface area contributed by atoms with E-state index < -0.39 is 10.1 Å². The second-order valence-electron chi connectivity index (χ2n) is 13.6. The molecule has 4 aliphatic heterocycles. The highest BCUT2D eigenvalue weighted by molar-refractivity contribution is 7.86. The topological polar surface area (TPSA) is 96.0 Å². The molecule has 0 aromatic heterocycles. The molecule has 11 heteroatoms. The maximum atomic E-state index is 13.4. The Morgan fingerprint density at radius 1 is 0.800 bits per heavy atom. The molecule has 0 radical (unpaired) electrons. The van der Waals surface area contributed by atoms with Gasteiger partial charge in [0.25, 0.3) is 10.1 Å². The number of benzene rings is 3. The predicted molar refractivity (Wildman–Crippen MR) is 191 cm³/mol. The SMILES string of the molecule is COc1cc(S(=O)(=O)OC)c2cc1Oc1ccc(cc1)C[C@H]1C3=CC(Oc4c(OC)c(OC)cc5c4[C@H](C2)N(C)CC5)C(C)C=C3CCN1C. The van der Waals surface area contributed by atoms with E-state index in [0.29, 0.717) is 40.7 Å². The van der Waals surface area contributed by atoms with Crippen molar-refractivity contribution in [2.75, 3.05) is 55.6 Å². The van der Waals surface area contributed by atoms with E-state index in [-0.39, 0.29) is 34.8 Å². The number of ether oxygens (including phenoxy) is 5. The predicted octanol–water partition coefficient (Wildman–Crippen LogP) is 6.12. The van der Waals surface area contributed by atoms with Crippen molar-refractivity contribution in [3.8, 4) is 34.5 Å². The van der Waals surface area contributed by atoms with Gasteiger partial charge in [0.15, 0.2) is 23.0 Å². The summed E-state index contributed by atoms with van der Waals surface area (Å²) in [6, 6.07) is 13.3. The van der Waals surface area contributed by atoms with Gasteiger partial charge in [-0.2, -0.15) is 8.42 Å². The summed E-state index contributed by atoms with van der Waals surface area (Å²) in [5, 5.41) is 0. The van der Waals surface area contributed by atoms with Crippen LogP contribution in [-0.4, -0.2) is 86.0 Å². The molecule has 50 heavy (non-hydrogen) atoms. The summed E-state index contributed by atoms with van der Waals surface area (Å²) in [6.45, 7) is 3.93. The molecule has 266 valence electrons. The molecule has 3 aromatic rings. The highest BCUT2D eigenvalue weighted by Crippen LogP contribution is 2.50. The van der Waals surface area contributed by atoms with Crippen LogP contribution in [0.1, 0.15) is 41.6 Å². The van der Waals surface area contributed by atoms with Crippen LogP contribution in [0.15, 0.2) is 70.7 Å². The van der Waals surface area contributed by atoms with Crippen molar-refractivity contribution in [3.05, 3.63) is 88.0 Å². The molecule has 10 nitrogen and oxygen atoms in total. The summed E-state index contributed by atoms with van der Waals surface area (Å²) in [5.74, 6) is 3.14. The number of hydrogen-bond donors (Lipinski definition) is 0. The molecule has 8 rings (SSSR count). The van der Waals surface area contributed by atoms with Crippen molar-refractivity contribution in [1.82, 2.24) is 9.80 Å². The van der Waals surface area contributed by atoms with Crippen LogP contribution in [-0.2, 0) is 33.6 Å². The number of methoxy groups -OCH3 is 3. The Labute approximate surface area is 295 Å². The molecule has 0 saturated carbocycles. The van der Waals surface area contributed by atoms with Gasteiger partial charge in [-0.05, 0) is 98.0 Å². The second kappa shape index (κ2) is 13.6. The van der Waals surface area contributed by atoms with Crippen molar-refractivity contribution in [2.45, 2.75) is 55.7 Å². The minimum absolute atomic E-state index is 0.0215. The molecule has 4 atom stereocenters. The van der Waals surface area contributed by atoms with Crippen molar-refractivity contribution in [2.24, 2.45) is 5.92 Å². The van der Waals surface area contributed by atoms with E-state index in [1.807, 2.05) is 18.2 Å². The summed E-state index contributed by atoms with van der Waals surface area (Å²) in [4.78, 5) is 4.69. The van der Waals surface area contributed by atoms with Gasteiger partial charge < -0.3 is 23.7 Å². The lowest BCUT2D eigenvalue weighted by atomic mass is 9.79. The maximum Gasteiger partial charge on any atom is 0.297 e. The van der Waals surface area contributed by atoms with Gasteiger partial charge >= 0.3 is 0 Å². The van der Waals surface area contributed by atoms with Gasteiger partial charge in [0.1, 0.15) is 16.7 Å². The first-order chi connectivity index (χ1) is 24.0. The van der Waals surface area contributed by atoms with Crippen LogP contribution in [0.2, 0.25) is 0 Å². The Bertz CT molecular complexity index is 1960. The number of likely N-dealkylation sites (N-methyl/N-ethyl adjacent to an activating group) is 2. The third-order valence-electron chi connectivity index (χ3n) is 10.8. The molecule has 0 spiro atoms. The lowest BCUT2D eigenvalue weighted by Gasteiger charge is -2.41. The molecule has 2 unspecified atom stereocenters. The zero-order valence-electron chi connectivity index (χ0n) is 29.8. The minimum atomic E-state index is -4.12. The Morgan fingerprint density at radius 3 is 2.22 bits per heavy atom. The lowest BCUT2D eigenvalue weighted by Crippen LogP contribution is -2.43. The highest BCUT2D eigenvalue weighted by atomic mass is 32.2. The number of rotatable bonds is 5. The van der Waals surface area contributed by atoms with Gasteiger partial charge in [-0.25, -0.2) is 0 Å². The van der Waals surface area contributed by atoms with Crippen LogP contribution in [0.5, 0.6) is 34.5 Å². The molecule has 1 fully saturated rings. The second-order valence-corrected chi connectivity index (χ2v) is 15.3. The molecule has 1 aliphatic carbocycles. The molecular weight excluding hydrogens is 657 g/mol. The van der Waals surface area contributed by atoms with Crippen LogP contribution in [0.3, 0.4) is 0 Å². The molecule has 4 heterocycles. The third-order valence-corrected chi connectivity index (χ3v) is 12.1. The Balaban J connectivity index is 1.48. The number of hydrogen-bond acceptors (Lipinski definition) is 10. The van der Waals surface area contributed by atoms with Crippen molar-refractivity contribution in [1.29, 1.82) is 0 Å². The van der Waals surface area contributed by atoms with Gasteiger partial charge in [0.05, 0.1) is 28.4 Å². The fourth-order valence-electron chi connectivity index (χ4n) is 7.93. The highest BCUT2D eigenvalue weighted by Gasteiger charge is 2.38. The summed E-state index contributed by atoms with van der Waals surface area (Å²) < 4.78 is 63.2. The molecule has 3 aromatic carbocycles. The molecular formula is C39H46N2O8S. The van der Waals surface area contributed by atoms with E-state index in [0.717, 1.165) is 43.5 Å². The van der Waals surface area contributed by atoms with Crippen LogP contribution in [0.4, 0.5) is 0 Å². The summed E-state index contributed by atoms with van der Waals surface area (Å²) >= 11 is 0. The van der Waals surface area contributed by atoms with Gasteiger partial charge in [-0.1, -0.05) is 25.1 Å². The smallest absolute Gasteiger partial charge is 0.297 e. The van der Waals surface area contributed by atoms with E-state index in [1.54, 1.807) is 20.3 Å². The van der Waals surface area contributed by atoms with E-state index >= 15 is 0 Å². The zero-order valence-corrected chi connectivity index (χ0v) is 30.6. The van der Waals surface area contributed by atoms with Gasteiger partial charge in [0, 0.05) is 42.7 Å². The van der Waals surface area contributed by atoms with Crippen LogP contribution < -0.4 is 23.7 Å². The first kappa shape index (κ1) is 34.4. The third kappa shape index (κ3) is 6.14. The van der Waals surface area contributed by atoms with Gasteiger partial charge in [-0.15, -0.1) is 0 Å². The summed E-state index contributed by atoms with van der Waals surface area (Å²) in [6.07, 6.45) is 7.29. The molecule has 6 bridgehead atoms. The monoisotopic (exact) mass is 702 g/mol. The summed E-state index contributed by atoms with van der Waals surface area (Å²) in [5.41, 5.74) is 6.39. The van der Waals surface area contributed by atoms with Crippen molar-refractivity contribution in [3.63, 3.8) is 0 Å². The molecule has 5 aliphatic rings. The molecule has 1 saturated heterocycles. The number of likely N-dealkylation sites (tertiary alicyclic amines) is 1. The lowest BCUT2D eigenvalue weighted by molar-refractivity contribution is 0.171. The Morgan fingerprint density at radius 2 is 1.52 bits per heavy atom. The fourth-order valence-corrected chi connectivity index (χ4v) is 8.83. The van der Waals surface area contributed by atoms with E-state index in [9.17, 15) is 8.42 Å². The number of fused-ring (bicyclic) bond motifs is 2. The van der Waals surface area contributed by atoms with Gasteiger partial charge in [-0.3, -0.25) is 14.0 Å². The quantitative estimate of drug-likeness (QED) is 0.290. The number of piperidine rings is 1. The van der Waals surface area contributed by atoms with Gasteiger partial charge in [0.2, 0.25) is 5.75 Å². The first-order valence-corrected chi connectivity index (χ1v) is 18.5. The Kier molecular flexibility index (Phi) is 9.36. The van der Waals surface area contributed by atoms with E-state index in [4.69, 9.17) is 27.9 Å². The van der Waals surface area contributed by atoms with Crippen molar-refractivity contribution >= 4 is 10.1 Å². The average molecular weight is 703 g/mol. The normalized spacial score (nSPS) is 23.7. The zero-order chi connectivity index (χ0) is 35.3. The van der Waals surface area contributed by atoms with Crippen LogP contribution in [0, 0.1) is 5.92 Å². The van der Waals surface area contributed by atoms with Crippen molar-refractivity contribution < 1.29 is 36.3 Å². The average Bonchev–Trinajstić information content (AvgIpc) is 3.11. The fraction of sp³-hybridized carbons (Fsp3) is 0.436. The number of nitrogens with zero attached hydrogens (tertiary/aromatic N) is 2. The Hall–Kier alpha value is -4.03. The van der Waals surface area contributed by atoms with E-state index in [2.05, 4.69) is 55.1 Å². The standard InChI is InChI=1S/C39H46N2O8S/c1-23-16-25-12-14-40(2)30-17-24-8-10-28(11-9-24)48-34-20-27(36(22-33(34)44-4)50(42,43)47-7)18-31-37-26(13-15-41(31)3)19-35(45-5)38(46-6)39(37)49-32(23)21-29(25)30/h8-11,16,19-23,30-32H,12-15,17-18H2,1-7H3/t23?,30-,31-,32?/m0/s1. The van der Waals surface area contributed by atoms with Crippen LogP contribution >= 0.6 is 0 Å². The largest absolute Gasteiger partial charge is 0.493 e. The van der Waals surface area contributed by atoms with Crippen LogP contribution in [0.25, 0.3) is 0 Å². The summed E-state index contributed by atoms with van der Waals surface area (Å²) in [7, 11) is 6.05. The minimum Gasteiger partial charge on any atom is -0.493 e. The molecule has 0 amide bonds. The first-order valence-electron chi connectivity index (χ1n) is 17.1. The maximum absolute atomic E-state index is 13.4. The van der Waals surface area contributed by atoms with E-state index in [1.165, 1.54) is 37.0 Å².